The van der Waals surface area contributed by atoms with Crippen molar-refractivity contribution in [2.24, 2.45) is 11.8 Å². The van der Waals surface area contributed by atoms with Gasteiger partial charge in [0.25, 0.3) is 0 Å². The summed E-state index contributed by atoms with van der Waals surface area (Å²) in [6.07, 6.45) is 11.1. The molecule has 2 N–H and O–H groups in total. The van der Waals surface area contributed by atoms with E-state index in [0.717, 1.165) is 44.9 Å². The first-order chi connectivity index (χ1) is 11.6. The monoisotopic (exact) mass is 342 g/mol. The van der Waals surface area contributed by atoms with Gasteiger partial charge in [-0.15, -0.1) is 0 Å². The number of aliphatic hydroxyl groups excluding tert-OH is 2. The molecule has 0 aliphatic heterocycles. The molecule has 0 amide bonds. The van der Waals surface area contributed by atoms with Gasteiger partial charge >= 0.3 is 0 Å². The average molecular weight is 343 g/mol. The molecule has 0 saturated heterocycles. The minimum absolute atomic E-state index is 0.257. The van der Waals surface area contributed by atoms with E-state index in [1.165, 1.54) is 11.1 Å². The van der Waals surface area contributed by atoms with Gasteiger partial charge in [0, 0.05) is 13.2 Å². The van der Waals surface area contributed by atoms with Gasteiger partial charge < -0.3 is 14.9 Å². The molecule has 3 nitrogen and oxygen atoms in total. The Labute approximate surface area is 150 Å². The van der Waals surface area contributed by atoms with Gasteiger partial charge in [-0.3, -0.25) is 0 Å². The van der Waals surface area contributed by atoms with Crippen LogP contribution in [0.25, 0.3) is 0 Å². The molecule has 0 fully saturated rings. The van der Waals surface area contributed by atoms with E-state index in [0.29, 0.717) is 11.8 Å². The van der Waals surface area contributed by atoms with Crippen molar-refractivity contribution >= 4 is 0 Å². The highest BCUT2D eigenvalue weighted by atomic mass is 16.5. The molecule has 2 atom stereocenters. The van der Waals surface area contributed by atoms with Crippen LogP contribution in [-0.2, 0) is 4.74 Å². The Morgan fingerprint density at radius 1 is 0.708 bits per heavy atom. The third-order valence-corrected chi connectivity index (χ3v) is 4.62. The van der Waals surface area contributed by atoms with E-state index in [4.69, 9.17) is 14.9 Å². The van der Waals surface area contributed by atoms with Crippen LogP contribution in [0.2, 0.25) is 0 Å². The van der Waals surface area contributed by atoms with Crippen LogP contribution >= 0.6 is 0 Å². The van der Waals surface area contributed by atoms with Crippen molar-refractivity contribution in [3.63, 3.8) is 0 Å². The third kappa shape index (κ3) is 13.6. The maximum Gasteiger partial charge on any atom is 0.0893 e. The summed E-state index contributed by atoms with van der Waals surface area (Å²) in [6, 6.07) is 0. The molecular formula is C21H42O3. The molecule has 2 unspecified atom stereocenters. The second-order valence-electron chi connectivity index (χ2n) is 6.25. The summed E-state index contributed by atoms with van der Waals surface area (Å²) < 4.78 is 5.40. The van der Waals surface area contributed by atoms with Crippen molar-refractivity contribution in [3.05, 3.63) is 23.7 Å². The number of hydrogen-bond acceptors (Lipinski definition) is 3. The normalized spacial score (nSPS) is 12.5. The molecule has 0 radical (unpaired) electrons. The van der Waals surface area contributed by atoms with Gasteiger partial charge in [-0.2, -0.15) is 0 Å². The van der Waals surface area contributed by atoms with Crippen LogP contribution < -0.4 is 0 Å². The number of rotatable bonds is 12. The van der Waals surface area contributed by atoms with E-state index in [1.807, 2.05) is 12.5 Å². The van der Waals surface area contributed by atoms with Crippen molar-refractivity contribution in [1.82, 2.24) is 0 Å². The number of hydrogen-bond donors (Lipinski definition) is 2. The van der Waals surface area contributed by atoms with Gasteiger partial charge in [-0.1, -0.05) is 54.4 Å². The molecular weight excluding hydrogens is 300 g/mol. The molecule has 0 spiro atoms. The van der Waals surface area contributed by atoms with Crippen LogP contribution in [0, 0.1) is 11.8 Å². The fourth-order valence-corrected chi connectivity index (χ4v) is 2.27. The van der Waals surface area contributed by atoms with Gasteiger partial charge in [0.1, 0.15) is 0 Å². The Kier molecular flexibility index (Phi) is 19.6. The predicted molar refractivity (Wildman–Crippen MR) is 105 cm³/mol. The van der Waals surface area contributed by atoms with Crippen LogP contribution in [0.5, 0.6) is 0 Å². The highest BCUT2D eigenvalue weighted by molar-refractivity contribution is 5.00. The Morgan fingerprint density at radius 3 is 1.25 bits per heavy atom. The molecule has 0 aromatic carbocycles. The zero-order valence-corrected chi connectivity index (χ0v) is 17.0. The molecule has 0 saturated carbocycles. The lowest BCUT2D eigenvalue weighted by atomic mass is 9.92. The van der Waals surface area contributed by atoms with E-state index in [-0.39, 0.29) is 13.2 Å². The van der Waals surface area contributed by atoms with Crippen LogP contribution in [0.4, 0.5) is 0 Å². The Bertz CT molecular complexity index is 271. The van der Waals surface area contributed by atoms with Gasteiger partial charge in [0.2, 0.25) is 0 Å². The van der Waals surface area contributed by atoms with E-state index in [1.54, 1.807) is 0 Å². The van der Waals surface area contributed by atoms with Crippen molar-refractivity contribution < 1.29 is 14.9 Å². The lowest BCUT2D eigenvalue weighted by molar-refractivity contribution is 0.156. The molecule has 0 aliphatic carbocycles. The predicted octanol–water partition coefficient (Wildman–Crippen LogP) is 5.82. The summed E-state index contributed by atoms with van der Waals surface area (Å²) in [5.41, 5.74) is 2.73. The molecule has 0 aromatic rings. The van der Waals surface area contributed by atoms with Gasteiger partial charge in [-0.05, 0) is 55.1 Å². The summed E-state index contributed by atoms with van der Waals surface area (Å²) in [6.45, 7) is 13.3. The van der Waals surface area contributed by atoms with E-state index < -0.39 is 0 Å². The highest BCUT2D eigenvalue weighted by Gasteiger charge is 2.11. The SMILES string of the molecule is CCC(=COC=C(CC)CC)CC.CCC(CO)CC(CC)CO. The van der Waals surface area contributed by atoms with E-state index in [9.17, 15) is 0 Å². The summed E-state index contributed by atoms with van der Waals surface area (Å²) in [4.78, 5) is 0. The second kappa shape index (κ2) is 18.5. The first-order valence-electron chi connectivity index (χ1n) is 9.79. The lowest BCUT2D eigenvalue weighted by Crippen LogP contribution is -2.14. The highest BCUT2D eigenvalue weighted by Crippen LogP contribution is 2.17. The first kappa shape index (κ1) is 25.4. The largest absolute Gasteiger partial charge is 0.473 e. The maximum atomic E-state index is 8.88. The zero-order chi connectivity index (χ0) is 18.8. The Hall–Kier alpha value is -0.800. The van der Waals surface area contributed by atoms with Gasteiger partial charge in [0.15, 0.2) is 0 Å². The first-order valence-corrected chi connectivity index (χ1v) is 9.79. The molecule has 0 bridgehead atoms. The van der Waals surface area contributed by atoms with Crippen molar-refractivity contribution in [2.45, 2.75) is 86.5 Å². The van der Waals surface area contributed by atoms with E-state index in [2.05, 4.69) is 41.5 Å². The van der Waals surface area contributed by atoms with Gasteiger partial charge in [-0.25, -0.2) is 0 Å². The van der Waals surface area contributed by atoms with Crippen LogP contribution in [0.1, 0.15) is 86.5 Å². The zero-order valence-electron chi connectivity index (χ0n) is 17.0. The third-order valence-electron chi connectivity index (χ3n) is 4.62. The summed E-state index contributed by atoms with van der Waals surface area (Å²) in [5.74, 6) is 0.763. The Morgan fingerprint density at radius 2 is 1.04 bits per heavy atom. The number of aliphatic hydroxyl groups is 2. The van der Waals surface area contributed by atoms with Crippen LogP contribution in [-0.4, -0.2) is 23.4 Å². The second-order valence-corrected chi connectivity index (χ2v) is 6.25. The minimum Gasteiger partial charge on any atom is -0.473 e. The summed E-state index contributed by atoms with van der Waals surface area (Å²) in [7, 11) is 0. The topological polar surface area (TPSA) is 49.7 Å². The van der Waals surface area contributed by atoms with Crippen LogP contribution in [0.3, 0.4) is 0 Å². The fourth-order valence-electron chi connectivity index (χ4n) is 2.27. The molecule has 0 aliphatic rings. The molecule has 3 heteroatoms. The van der Waals surface area contributed by atoms with Crippen molar-refractivity contribution in [2.75, 3.05) is 13.2 Å². The number of ether oxygens (including phenoxy) is 1. The fraction of sp³-hybridized carbons (Fsp3) is 0.810. The molecule has 24 heavy (non-hydrogen) atoms. The van der Waals surface area contributed by atoms with Crippen molar-refractivity contribution in [3.8, 4) is 0 Å². The molecule has 144 valence electrons. The number of allylic oxidation sites excluding steroid dienone is 2. The van der Waals surface area contributed by atoms with E-state index >= 15 is 0 Å². The van der Waals surface area contributed by atoms with Crippen molar-refractivity contribution in [1.29, 1.82) is 0 Å². The smallest absolute Gasteiger partial charge is 0.0893 e. The van der Waals surface area contributed by atoms with Crippen LogP contribution in [0.15, 0.2) is 23.7 Å². The molecule has 0 heterocycles. The summed E-state index contributed by atoms with van der Waals surface area (Å²) >= 11 is 0. The minimum atomic E-state index is 0.257. The molecule has 0 aromatic heterocycles. The molecule has 0 rings (SSSR count). The standard InChI is InChI=1S/C12H22O.C9H20O2/c1-5-11(6-2)9-13-10-12(7-3)8-4;1-3-8(6-10)5-9(4-2)7-11/h9-10H,5-8H2,1-4H3;8-11H,3-7H2,1-2H3. The summed E-state index contributed by atoms with van der Waals surface area (Å²) in [5, 5.41) is 17.8. The average Bonchev–Trinajstić information content (AvgIpc) is 2.64. The maximum absolute atomic E-state index is 8.88. The lowest BCUT2D eigenvalue weighted by Gasteiger charge is -2.17. The quantitative estimate of drug-likeness (QED) is 0.439. The van der Waals surface area contributed by atoms with Gasteiger partial charge in [0.05, 0.1) is 12.5 Å². The Balaban J connectivity index is 0.